The summed E-state index contributed by atoms with van der Waals surface area (Å²) < 4.78 is 49.7. The van der Waals surface area contributed by atoms with Crippen molar-refractivity contribution < 1.29 is 27.2 Å². The zero-order chi connectivity index (χ0) is 24.1. The molecule has 4 rings (SSSR count). The van der Waals surface area contributed by atoms with Crippen LogP contribution in [0.3, 0.4) is 0 Å². The topological polar surface area (TPSA) is 77.2 Å². The van der Waals surface area contributed by atoms with Gasteiger partial charge in [-0.3, -0.25) is 4.79 Å². The number of carbonyl (C=O) groups is 1. The smallest absolute Gasteiger partial charge is 0.416 e. The van der Waals surface area contributed by atoms with Crippen molar-refractivity contribution in [3.63, 3.8) is 0 Å². The Kier molecular flexibility index (Phi) is 6.83. The number of nitrogens with one attached hydrogen (secondary N) is 1. The van der Waals surface area contributed by atoms with E-state index in [2.05, 4.69) is 15.5 Å². The Morgan fingerprint density at radius 2 is 1.82 bits per heavy atom. The molecule has 0 aliphatic heterocycles. The molecule has 0 fully saturated rings. The van der Waals surface area contributed by atoms with Crippen LogP contribution < -0.4 is 10.1 Å². The SMILES string of the molecule is O=C(CCc1nc(-c2cccc(C(F)(F)F)c2)no1)Nc1cc(Cl)ccc1Oc1ccccc1. The Morgan fingerprint density at radius 3 is 2.59 bits per heavy atom. The van der Waals surface area contributed by atoms with Crippen molar-refractivity contribution in [2.45, 2.75) is 19.0 Å². The predicted molar refractivity (Wildman–Crippen MR) is 120 cm³/mol. The highest BCUT2D eigenvalue weighted by atomic mass is 35.5. The minimum absolute atomic E-state index is 0.00916. The van der Waals surface area contributed by atoms with Gasteiger partial charge in [0.05, 0.1) is 11.3 Å². The van der Waals surface area contributed by atoms with Gasteiger partial charge in [-0.1, -0.05) is 47.1 Å². The summed E-state index contributed by atoms with van der Waals surface area (Å²) in [5, 5.41) is 6.88. The number of anilines is 1. The van der Waals surface area contributed by atoms with Crippen LogP contribution in [-0.2, 0) is 17.4 Å². The van der Waals surface area contributed by atoms with Crippen molar-refractivity contribution in [2.24, 2.45) is 0 Å². The maximum atomic E-state index is 12.9. The van der Waals surface area contributed by atoms with Gasteiger partial charge in [-0.15, -0.1) is 0 Å². The van der Waals surface area contributed by atoms with Gasteiger partial charge in [0, 0.05) is 23.4 Å². The van der Waals surface area contributed by atoms with E-state index < -0.39 is 11.7 Å². The number of ether oxygens (including phenoxy) is 1. The maximum absolute atomic E-state index is 12.9. The molecular formula is C24H17ClF3N3O3. The second kappa shape index (κ2) is 9.96. The third-order valence-electron chi connectivity index (χ3n) is 4.67. The Balaban J connectivity index is 1.40. The third kappa shape index (κ3) is 5.93. The minimum atomic E-state index is -4.48. The van der Waals surface area contributed by atoms with E-state index in [9.17, 15) is 18.0 Å². The van der Waals surface area contributed by atoms with Gasteiger partial charge in [-0.2, -0.15) is 18.2 Å². The minimum Gasteiger partial charge on any atom is -0.455 e. The summed E-state index contributed by atoms with van der Waals surface area (Å²) >= 11 is 6.07. The third-order valence-corrected chi connectivity index (χ3v) is 4.90. The van der Waals surface area contributed by atoms with Crippen LogP contribution in [-0.4, -0.2) is 16.0 Å². The predicted octanol–water partition coefficient (Wildman–Crippen LogP) is 6.77. The van der Waals surface area contributed by atoms with Crippen LogP contribution in [0.4, 0.5) is 18.9 Å². The largest absolute Gasteiger partial charge is 0.455 e. The van der Waals surface area contributed by atoms with Crippen LogP contribution in [0.1, 0.15) is 17.9 Å². The van der Waals surface area contributed by atoms with Crippen LogP contribution in [0.5, 0.6) is 11.5 Å². The summed E-state index contributed by atoms with van der Waals surface area (Å²) in [6.45, 7) is 0. The lowest BCUT2D eigenvalue weighted by atomic mass is 10.1. The first-order valence-corrected chi connectivity index (χ1v) is 10.5. The van der Waals surface area contributed by atoms with Gasteiger partial charge in [-0.05, 0) is 42.5 Å². The number of aromatic nitrogens is 2. The fourth-order valence-electron chi connectivity index (χ4n) is 3.05. The molecule has 1 heterocycles. The van der Waals surface area contributed by atoms with Crippen molar-refractivity contribution in [2.75, 3.05) is 5.32 Å². The molecule has 0 aliphatic rings. The molecule has 174 valence electrons. The summed E-state index contributed by atoms with van der Waals surface area (Å²) in [6.07, 6.45) is -4.40. The highest BCUT2D eigenvalue weighted by molar-refractivity contribution is 6.31. The average molecular weight is 488 g/mol. The van der Waals surface area contributed by atoms with Gasteiger partial charge >= 0.3 is 6.18 Å². The van der Waals surface area contributed by atoms with E-state index in [1.807, 2.05) is 18.2 Å². The van der Waals surface area contributed by atoms with Gasteiger partial charge < -0.3 is 14.6 Å². The molecule has 0 saturated heterocycles. The van der Waals surface area contributed by atoms with E-state index in [0.717, 1.165) is 12.1 Å². The molecule has 0 aliphatic carbocycles. The summed E-state index contributed by atoms with van der Waals surface area (Å²) in [7, 11) is 0. The highest BCUT2D eigenvalue weighted by Crippen LogP contribution is 2.33. The van der Waals surface area contributed by atoms with Gasteiger partial charge in [0.25, 0.3) is 0 Å². The zero-order valence-electron chi connectivity index (χ0n) is 17.5. The molecule has 3 aromatic carbocycles. The molecule has 4 aromatic rings. The molecule has 10 heteroatoms. The molecule has 34 heavy (non-hydrogen) atoms. The number of hydrogen-bond donors (Lipinski definition) is 1. The van der Waals surface area contributed by atoms with E-state index in [4.69, 9.17) is 20.9 Å². The number of amides is 1. The van der Waals surface area contributed by atoms with Crippen molar-refractivity contribution in [3.8, 4) is 22.9 Å². The average Bonchev–Trinajstić information content (AvgIpc) is 3.29. The summed E-state index contributed by atoms with van der Waals surface area (Å²) in [5.41, 5.74) is -0.266. The molecule has 0 saturated carbocycles. The summed E-state index contributed by atoms with van der Waals surface area (Å²) in [6, 6.07) is 18.5. The van der Waals surface area contributed by atoms with Crippen molar-refractivity contribution in [3.05, 3.63) is 89.3 Å². The second-order valence-electron chi connectivity index (χ2n) is 7.19. The number of carbonyl (C=O) groups excluding carboxylic acids is 1. The number of halogens is 4. The Hall–Kier alpha value is -3.85. The number of aryl methyl sites for hydroxylation is 1. The van der Waals surface area contributed by atoms with Gasteiger partial charge in [0.2, 0.25) is 17.6 Å². The zero-order valence-corrected chi connectivity index (χ0v) is 18.2. The van der Waals surface area contributed by atoms with E-state index in [0.29, 0.717) is 22.2 Å². The first-order valence-electron chi connectivity index (χ1n) is 10.1. The second-order valence-corrected chi connectivity index (χ2v) is 7.63. The van der Waals surface area contributed by atoms with Gasteiger partial charge in [0.1, 0.15) is 5.75 Å². The molecule has 6 nitrogen and oxygen atoms in total. The Bertz CT molecular complexity index is 1290. The van der Waals surface area contributed by atoms with E-state index in [1.54, 1.807) is 30.3 Å². The van der Waals surface area contributed by atoms with E-state index in [1.165, 1.54) is 12.1 Å². The quantitative estimate of drug-likeness (QED) is 0.311. The van der Waals surface area contributed by atoms with Gasteiger partial charge in [0.15, 0.2) is 5.75 Å². The standard InChI is InChI=1S/C24H17ClF3N3O3/c25-17-9-10-20(33-18-7-2-1-3-8-18)19(14-17)29-21(32)11-12-22-30-23(31-34-22)15-5-4-6-16(13-15)24(26,27)28/h1-10,13-14H,11-12H2,(H,29,32). The molecule has 0 radical (unpaired) electrons. The number of rotatable bonds is 7. The van der Waals surface area contributed by atoms with Crippen molar-refractivity contribution >= 4 is 23.2 Å². The summed E-state index contributed by atoms with van der Waals surface area (Å²) in [5.74, 6) is 0.769. The molecule has 0 unspecified atom stereocenters. The Morgan fingerprint density at radius 1 is 1.03 bits per heavy atom. The lowest BCUT2D eigenvalue weighted by Gasteiger charge is -2.12. The van der Waals surface area contributed by atoms with E-state index in [-0.39, 0.29) is 36.0 Å². The van der Waals surface area contributed by atoms with Crippen LogP contribution in [0.25, 0.3) is 11.4 Å². The van der Waals surface area contributed by atoms with Crippen LogP contribution in [0.15, 0.2) is 77.3 Å². The molecule has 0 spiro atoms. The molecule has 1 N–H and O–H groups in total. The normalized spacial score (nSPS) is 11.3. The van der Waals surface area contributed by atoms with E-state index >= 15 is 0 Å². The molecule has 1 aromatic heterocycles. The number of alkyl halides is 3. The molecular weight excluding hydrogens is 471 g/mol. The van der Waals surface area contributed by atoms with Crippen LogP contribution in [0, 0.1) is 0 Å². The molecule has 1 amide bonds. The number of hydrogen-bond acceptors (Lipinski definition) is 5. The maximum Gasteiger partial charge on any atom is 0.416 e. The fraction of sp³-hybridized carbons (Fsp3) is 0.125. The Labute approximate surface area is 197 Å². The highest BCUT2D eigenvalue weighted by Gasteiger charge is 2.30. The first-order chi connectivity index (χ1) is 16.3. The van der Waals surface area contributed by atoms with Crippen LogP contribution >= 0.6 is 11.6 Å². The van der Waals surface area contributed by atoms with Crippen molar-refractivity contribution in [1.82, 2.24) is 10.1 Å². The lowest BCUT2D eigenvalue weighted by molar-refractivity contribution is -0.137. The molecule has 0 atom stereocenters. The number of nitrogens with zero attached hydrogens (tertiary/aromatic N) is 2. The first kappa shape index (κ1) is 23.3. The monoisotopic (exact) mass is 487 g/mol. The van der Waals surface area contributed by atoms with Crippen molar-refractivity contribution in [1.29, 1.82) is 0 Å². The fourth-order valence-corrected chi connectivity index (χ4v) is 3.22. The lowest BCUT2D eigenvalue weighted by Crippen LogP contribution is -2.13. The number of para-hydroxylation sites is 1. The molecule has 0 bridgehead atoms. The van der Waals surface area contributed by atoms with Crippen LogP contribution in [0.2, 0.25) is 5.02 Å². The number of benzene rings is 3. The summed E-state index contributed by atoms with van der Waals surface area (Å²) in [4.78, 5) is 16.6. The van der Waals surface area contributed by atoms with Gasteiger partial charge in [-0.25, -0.2) is 0 Å².